The van der Waals surface area contributed by atoms with Gasteiger partial charge in [-0.3, -0.25) is 4.79 Å². The third-order valence-corrected chi connectivity index (χ3v) is 4.01. The Balaban J connectivity index is 2.62. The Labute approximate surface area is 122 Å². The van der Waals surface area contributed by atoms with E-state index in [9.17, 15) is 13.6 Å². The van der Waals surface area contributed by atoms with Gasteiger partial charge in [0.2, 0.25) is 0 Å². The van der Waals surface area contributed by atoms with E-state index in [4.69, 9.17) is 4.74 Å². The normalized spacial score (nSPS) is 13.8. The van der Waals surface area contributed by atoms with Gasteiger partial charge >= 0.3 is 5.97 Å². The van der Waals surface area contributed by atoms with Crippen molar-refractivity contribution in [3.8, 4) is 0 Å². The van der Waals surface area contributed by atoms with Gasteiger partial charge in [-0.1, -0.05) is 6.92 Å². The SMILES string of the molecule is CCNC(C)(CCSc1ccc(F)cc1F)C(=O)OC. The number of likely N-dealkylation sites (N-methyl/N-ethyl adjacent to an activating group) is 1. The number of carbonyl (C=O) groups is 1. The predicted molar refractivity (Wildman–Crippen MR) is 75.8 cm³/mol. The standard InChI is InChI=1S/C14H19F2NO2S/c1-4-17-14(2,13(18)19-3)7-8-20-12-6-5-10(15)9-11(12)16/h5-6,9,17H,4,7-8H2,1-3H3. The summed E-state index contributed by atoms with van der Waals surface area (Å²) in [6, 6.07) is 3.47. The fourth-order valence-electron chi connectivity index (χ4n) is 1.84. The van der Waals surface area contributed by atoms with Crippen molar-refractivity contribution in [3.05, 3.63) is 29.8 Å². The van der Waals surface area contributed by atoms with Crippen molar-refractivity contribution in [2.75, 3.05) is 19.4 Å². The number of benzene rings is 1. The molecule has 1 aromatic rings. The molecule has 20 heavy (non-hydrogen) atoms. The molecule has 6 heteroatoms. The lowest BCUT2D eigenvalue weighted by atomic mass is 9.99. The summed E-state index contributed by atoms with van der Waals surface area (Å²) >= 11 is 1.25. The monoisotopic (exact) mass is 303 g/mol. The third kappa shape index (κ3) is 4.45. The molecule has 0 saturated carbocycles. The minimum absolute atomic E-state index is 0.348. The van der Waals surface area contributed by atoms with Crippen LogP contribution in [0.3, 0.4) is 0 Å². The molecule has 0 fully saturated rings. The van der Waals surface area contributed by atoms with Gasteiger partial charge < -0.3 is 10.1 Å². The lowest BCUT2D eigenvalue weighted by Gasteiger charge is -2.27. The molecule has 1 rings (SSSR count). The van der Waals surface area contributed by atoms with Gasteiger partial charge in [-0.15, -0.1) is 11.8 Å². The molecule has 1 atom stereocenters. The van der Waals surface area contributed by atoms with Gasteiger partial charge in [-0.05, 0) is 32.0 Å². The lowest BCUT2D eigenvalue weighted by molar-refractivity contribution is -0.147. The van der Waals surface area contributed by atoms with Gasteiger partial charge in [0.05, 0.1) is 7.11 Å². The molecular formula is C14H19F2NO2S. The average Bonchev–Trinajstić information content (AvgIpc) is 2.40. The molecule has 0 aromatic heterocycles. The molecule has 0 radical (unpaired) electrons. The second-order valence-corrected chi connectivity index (χ2v) is 5.66. The maximum absolute atomic E-state index is 13.5. The molecule has 112 valence electrons. The van der Waals surface area contributed by atoms with Gasteiger partial charge in [-0.2, -0.15) is 0 Å². The second kappa shape index (κ2) is 7.59. The van der Waals surface area contributed by atoms with E-state index in [-0.39, 0.29) is 5.97 Å². The smallest absolute Gasteiger partial charge is 0.325 e. The van der Waals surface area contributed by atoms with Gasteiger partial charge in [-0.25, -0.2) is 8.78 Å². The molecule has 0 amide bonds. The summed E-state index contributed by atoms with van der Waals surface area (Å²) in [6.07, 6.45) is 0.481. The molecular weight excluding hydrogens is 284 g/mol. The molecule has 3 nitrogen and oxygen atoms in total. The molecule has 1 N–H and O–H groups in total. The van der Waals surface area contributed by atoms with Crippen LogP contribution in [-0.2, 0) is 9.53 Å². The van der Waals surface area contributed by atoms with E-state index in [1.54, 1.807) is 6.92 Å². The number of thioether (sulfide) groups is 1. The molecule has 0 aliphatic carbocycles. The summed E-state index contributed by atoms with van der Waals surface area (Å²) in [5, 5.41) is 3.08. The Kier molecular flexibility index (Phi) is 6.42. The zero-order valence-electron chi connectivity index (χ0n) is 11.8. The van der Waals surface area contributed by atoms with Crippen LogP contribution in [0.4, 0.5) is 8.78 Å². The number of methoxy groups -OCH3 is 1. The summed E-state index contributed by atoms with van der Waals surface area (Å²) in [5.41, 5.74) is -0.799. The second-order valence-electron chi connectivity index (χ2n) is 4.53. The first-order chi connectivity index (χ1) is 9.42. The van der Waals surface area contributed by atoms with Crippen molar-refractivity contribution < 1.29 is 18.3 Å². The largest absolute Gasteiger partial charge is 0.468 e. The topological polar surface area (TPSA) is 38.3 Å². The van der Waals surface area contributed by atoms with Crippen molar-refractivity contribution in [2.24, 2.45) is 0 Å². The summed E-state index contributed by atoms with van der Waals surface area (Å²) < 4.78 is 31.0. The van der Waals surface area contributed by atoms with Crippen molar-refractivity contribution in [2.45, 2.75) is 30.7 Å². The first-order valence-corrected chi connectivity index (χ1v) is 7.33. The molecule has 0 saturated heterocycles. The van der Waals surface area contributed by atoms with E-state index in [2.05, 4.69) is 5.32 Å². The van der Waals surface area contributed by atoms with Gasteiger partial charge in [0, 0.05) is 16.7 Å². The van der Waals surface area contributed by atoms with Crippen LogP contribution in [0.5, 0.6) is 0 Å². The van der Waals surface area contributed by atoms with Crippen LogP contribution in [-0.4, -0.2) is 30.9 Å². The molecule has 1 unspecified atom stereocenters. The third-order valence-electron chi connectivity index (χ3n) is 2.96. The van der Waals surface area contributed by atoms with Crippen LogP contribution in [0.2, 0.25) is 0 Å². The van der Waals surface area contributed by atoms with Gasteiger partial charge in [0.15, 0.2) is 0 Å². The minimum Gasteiger partial charge on any atom is -0.468 e. The van der Waals surface area contributed by atoms with E-state index in [0.717, 1.165) is 6.07 Å². The number of rotatable bonds is 7. The average molecular weight is 303 g/mol. The Morgan fingerprint density at radius 3 is 2.70 bits per heavy atom. The molecule has 0 heterocycles. The molecule has 0 aliphatic heterocycles. The number of carbonyl (C=O) groups excluding carboxylic acids is 1. The Hall–Kier alpha value is -1.14. The Morgan fingerprint density at radius 1 is 1.45 bits per heavy atom. The quantitative estimate of drug-likeness (QED) is 0.621. The Morgan fingerprint density at radius 2 is 2.15 bits per heavy atom. The van der Waals surface area contributed by atoms with E-state index < -0.39 is 17.2 Å². The fraction of sp³-hybridized carbons (Fsp3) is 0.500. The molecule has 0 bridgehead atoms. The van der Waals surface area contributed by atoms with E-state index >= 15 is 0 Å². The van der Waals surface area contributed by atoms with Crippen LogP contribution in [0.1, 0.15) is 20.3 Å². The summed E-state index contributed by atoms with van der Waals surface area (Å²) in [4.78, 5) is 12.1. The van der Waals surface area contributed by atoms with Crippen LogP contribution in [0, 0.1) is 11.6 Å². The highest BCUT2D eigenvalue weighted by molar-refractivity contribution is 7.99. The van der Waals surface area contributed by atoms with Crippen molar-refractivity contribution in [1.29, 1.82) is 0 Å². The number of nitrogens with one attached hydrogen (secondary N) is 1. The maximum atomic E-state index is 13.5. The van der Waals surface area contributed by atoms with E-state index in [0.29, 0.717) is 23.6 Å². The van der Waals surface area contributed by atoms with Crippen LogP contribution < -0.4 is 5.32 Å². The fourth-order valence-corrected chi connectivity index (χ4v) is 2.93. The number of ether oxygens (including phenoxy) is 1. The number of hydrogen-bond donors (Lipinski definition) is 1. The van der Waals surface area contributed by atoms with E-state index in [1.165, 1.54) is 31.0 Å². The summed E-state index contributed by atoms with van der Waals surface area (Å²) in [5.74, 6) is -1.02. The molecule has 1 aromatic carbocycles. The molecule has 0 spiro atoms. The first-order valence-electron chi connectivity index (χ1n) is 6.34. The van der Waals surface area contributed by atoms with Crippen molar-refractivity contribution in [3.63, 3.8) is 0 Å². The minimum atomic E-state index is -0.799. The zero-order chi connectivity index (χ0) is 15.2. The van der Waals surface area contributed by atoms with Crippen molar-refractivity contribution in [1.82, 2.24) is 5.32 Å². The highest BCUT2D eigenvalue weighted by Crippen LogP contribution is 2.25. The van der Waals surface area contributed by atoms with Gasteiger partial charge in [0.1, 0.15) is 17.2 Å². The van der Waals surface area contributed by atoms with Crippen molar-refractivity contribution >= 4 is 17.7 Å². The van der Waals surface area contributed by atoms with Crippen LogP contribution >= 0.6 is 11.8 Å². The maximum Gasteiger partial charge on any atom is 0.325 e. The number of halogens is 2. The number of hydrogen-bond acceptors (Lipinski definition) is 4. The van der Waals surface area contributed by atoms with Gasteiger partial charge in [0.25, 0.3) is 0 Å². The van der Waals surface area contributed by atoms with E-state index in [1.807, 2.05) is 6.92 Å². The van der Waals surface area contributed by atoms with Crippen LogP contribution in [0.25, 0.3) is 0 Å². The highest BCUT2D eigenvalue weighted by Gasteiger charge is 2.32. The number of esters is 1. The van der Waals surface area contributed by atoms with Crippen LogP contribution in [0.15, 0.2) is 23.1 Å². The highest BCUT2D eigenvalue weighted by atomic mass is 32.2. The predicted octanol–water partition coefficient (Wildman–Crippen LogP) is 2.99. The summed E-state index contributed by atoms with van der Waals surface area (Å²) in [6.45, 7) is 4.28. The summed E-state index contributed by atoms with van der Waals surface area (Å²) in [7, 11) is 1.34. The molecule has 0 aliphatic rings. The Bertz CT molecular complexity index is 470. The lowest BCUT2D eigenvalue weighted by Crippen LogP contribution is -2.50. The zero-order valence-corrected chi connectivity index (χ0v) is 12.7. The first kappa shape index (κ1) is 16.9.